The first-order valence-corrected chi connectivity index (χ1v) is 6.59. The van der Waals surface area contributed by atoms with Crippen LogP contribution in [0.3, 0.4) is 0 Å². The van der Waals surface area contributed by atoms with Crippen molar-refractivity contribution in [3.8, 4) is 5.69 Å². The second-order valence-electron chi connectivity index (χ2n) is 3.69. The first-order chi connectivity index (χ1) is 8.81. The highest BCUT2D eigenvalue weighted by Crippen LogP contribution is 2.12. The quantitative estimate of drug-likeness (QED) is 0.655. The zero-order valence-electron chi connectivity index (χ0n) is 9.65. The van der Waals surface area contributed by atoms with Crippen LogP contribution in [0.5, 0.6) is 0 Å². The van der Waals surface area contributed by atoms with Gasteiger partial charge in [-0.1, -0.05) is 30.0 Å². The van der Waals surface area contributed by atoms with E-state index in [0.717, 1.165) is 5.69 Å². The number of aromatic nitrogens is 4. The van der Waals surface area contributed by atoms with Crippen molar-refractivity contribution in [2.75, 3.05) is 6.26 Å². The minimum Gasteiger partial charge on any atom is -0.280 e. The summed E-state index contributed by atoms with van der Waals surface area (Å²) in [7, 11) is 0. The maximum absolute atomic E-state index is 12.3. The Hall–Kier alpha value is -2.08. The number of fused-ring (bicyclic) bond motifs is 1. The summed E-state index contributed by atoms with van der Waals surface area (Å²) in [5, 5.41) is 8.62. The van der Waals surface area contributed by atoms with Crippen molar-refractivity contribution in [1.82, 2.24) is 19.2 Å². The average Bonchev–Trinajstić information content (AvgIpc) is 2.84. The summed E-state index contributed by atoms with van der Waals surface area (Å²) >= 11 is 1.46. The fourth-order valence-corrected chi connectivity index (χ4v) is 2.26. The molecule has 6 heteroatoms. The zero-order chi connectivity index (χ0) is 12.5. The number of nitrogens with zero attached hydrogens (tertiary/aromatic N) is 4. The summed E-state index contributed by atoms with van der Waals surface area (Å²) in [6, 6.07) is 9.45. The molecule has 3 rings (SSSR count). The summed E-state index contributed by atoms with van der Waals surface area (Å²) in [6.07, 6.45) is 5.43. The Bertz CT molecular complexity index is 748. The van der Waals surface area contributed by atoms with Gasteiger partial charge in [-0.05, 0) is 18.4 Å². The van der Waals surface area contributed by atoms with E-state index in [0.29, 0.717) is 10.8 Å². The van der Waals surface area contributed by atoms with Crippen molar-refractivity contribution in [3.05, 3.63) is 53.1 Å². The summed E-state index contributed by atoms with van der Waals surface area (Å²) in [4.78, 5) is 12.3. The van der Waals surface area contributed by atoms with Gasteiger partial charge in [0.25, 0.3) is 0 Å². The fraction of sp³-hybridized carbons (Fsp3) is 0.0833. The SMILES string of the molecule is CSc1nnc2c(=O)n(-c3ccccc3)ccn12. The van der Waals surface area contributed by atoms with Crippen molar-refractivity contribution in [2.45, 2.75) is 5.16 Å². The van der Waals surface area contributed by atoms with E-state index >= 15 is 0 Å². The smallest absolute Gasteiger partial charge is 0.280 e. The second-order valence-corrected chi connectivity index (χ2v) is 4.46. The molecule has 90 valence electrons. The molecule has 5 nitrogen and oxygen atoms in total. The van der Waals surface area contributed by atoms with Crippen molar-refractivity contribution >= 4 is 17.4 Å². The predicted molar refractivity (Wildman–Crippen MR) is 70.4 cm³/mol. The van der Waals surface area contributed by atoms with Gasteiger partial charge in [0.05, 0.1) is 0 Å². The molecule has 2 aromatic heterocycles. The third kappa shape index (κ3) is 1.62. The normalized spacial score (nSPS) is 10.9. The molecule has 0 saturated carbocycles. The second kappa shape index (κ2) is 4.30. The molecule has 0 radical (unpaired) electrons. The van der Waals surface area contributed by atoms with Crippen molar-refractivity contribution in [1.29, 1.82) is 0 Å². The summed E-state index contributed by atoms with van der Waals surface area (Å²) in [6.45, 7) is 0. The highest BCUT2D eigenvalue weighted by atomic mass is 32.2. The van der Waals surface area contributed by atoms with Crippen molar-refractivity contribution < 1.29 is 0 Å². The first kappa shape index (κ1) is 11.0. The Morgan fingerprint density at radius 1 is 1.11 bits per heavy atom. The molecule has 0 atom stereocenters. The molecule has 0 unspecified atom stereocenters. The van der Waals surface area contributed by atoms with E-state index in [4.69, 9.17) is 0 Å². The van der Waals surface area contributed by atoms with E-state index in [1.165, 1.54) is 11.8 Å². The molecule has 0 amide bonds. The zero-order valence-corrected chi connectivity index (χ0v) is 10.5. The summed E-state index contributed by atoms with van der Waals surface area (Å²) < 4.78 is 3.26. The Kier molecular flexibility index (Phi) is 2.64. The van der Waals surface area contributed by atoms with Gasteiger partial charge in [-0.25, -0.2) is 0 Å². The van der Waals surface area contributed by atoms with E-state index in [1.807, 2.05) is 36.6 Å². The first-order valence-electron chi connectivity index (χ1n) is 5.37. The maximum atomic E-state index is 12.3. The molecular weight excluding hydrogens is 248 g/mol. The van der Waals surface area contributed by atoms with Crippen LogP contribution in [0.15, 0.2) is 52.7 Å². The summed E-state index contributed by atoms with van der Waals surface area (Å²) in [5.41, 5.74) is 0.987. The van der Waals surface area contributed by atoms with Crippen LogP contribution in [-0.4, -0.2) is 25.4 Å². The van der Waals surface area contributed by atoms with E-state index < -0.39 is 0 Å². The lowest BCUT2D eigenvalue weighted by molar-refractivity contribution is 0.895. The van der Waals surface area contributed by atoms with Gasteiger partial charge in [-0.3, -0.25) is 13.8 Å². The number of para-hydroxylation sites is 1. The van der Waals surface area contributed by atoms with Gasteiger partial charge in [0.15, 0.2) is 5.16 Å². The molecule has 0 aliphatic rings. The van der Waals surface area contributed by atoms with E-state index in [2.05, 4.69) is 10.2 Å². The van der Waals surface area contributed by atoms with Crippen LogP contribution in [0.2, 0.25) is 0 Å². The minimum absolute atomic E-state index is 0.170. The van der Waals surface area contributed by atoms with Gasteiger partial charge in [0, 0.05) is 18.1 Å². The van der Waals surface area contributed by atoms with E-state index in [-0.39, 0.29) is 5.56 Å². The van der Waals surface area contributed by atoms with Gasteiger partial charge in [-0.15, -0.1) is 10.2 Å². The Balaban J connectivity index is 2.28. The molecule has 2 heterocycles. The van der Waals surface area contributed by atoms with Crippen LogP contribution in [0, 0.1) is 0 Å². The third-order valence-electron chi connectivity index (χ3n) is 2.66. The third-order valence-corrected chi connectivity index (χ3v) is 3.30. The predicted octanol–water partition coefficient (Wildman–Crippen LogP) is 1.60. The molecule has 0 saturated heterocycles. The lowest BCUT2D eigenvalue weighted by atomic mass is 10.3. The molecule has 3 aromatic rings. The molecule has 0 spiro atoms. The minimum atomic E-state index is -0.170. The van der Waals surface area contributed by atoms with Gasteiger partial charge in [-0.2, -0.15) is 0 Å². The largest absolute Gasteiger partial charge is 0.300 e. The van der Waals surface area contributed by atoms with E-state index in [9.17, 15) is 4.79 Å². The molecule has 0 bridgehead atoms. The van der Waals surface area contributed by atoms with Crippen LogP contribution in [0.25, 0.3) is 11.3 Å². The topological polar surface area (TPSA) is 52.2 Å². The Morgan fingerprint density at radius 3 is 2.61 bits per heavy atom. The number of thioether (sulfide) groups is 1. The standard InChI is InChI=1S/C12H10N4OS/c1-18-12-14-13-10-11(17)15(7-8-16(10)12)9-5-3-2-4-6-9/h2-8H,1H3. The molecule has 1 aromatic carbocycles. The van der Waals surface area contributed by atoms with Gasteiger partial charge < -0.3 is 0 Å². The van der Waals surface area contributed by atoms with Crippen LogP contribution in [0.1, 0.15) is 0 Å². The Morgan fingerprint density at radius 2 is 1.89 bits per heavy atom. The molecule has 0 aliphatic heterocycles. The van der Waals surface area contributed by atoms with Crippen molar-refractivity contribution in [2.24, 2.45) is 0 Å². The maximum Gasteiger partial charge on any atom is 0.300 e. The highest BCUT2D eigenvalue weighted by Gasteiger charge is 2.10. The molecule has 0 fully saturated rings. The lowest BCUT2D eigenvalue weighted by Crippen LogP contribution is -2.20. The molecule has 0 N–H and O–H groups in total. The number of benzene rings is 1. The number of hydrogen-bond acceptors (Lipinski definition) is 4. The lowest BCUT2D eigenvalue weighted by Gasteiger charge is -2.05. The Labute approximate surface area is 107 Å². The molecule has 18 heavy (non-hydrogen) atoms. The van der Waals surface area contributed by atoms with Gasteiger partial charge >= 0.3 is 5.56 Å². The van der Waals surface area contributed by atoms with Crippen molar-refractivity contribution in [3.63, 3.8) is 0 Å². The molecule has 0 aliphatic carbocycles. The monoisotopic (exact) mass is 258 g/mol. The van der Waals surface area contributed by atoms with Gasteiger partial charge in [0.1, 0.15) is 0 Å². The van der Waals surface area contributed by atoms with Gasteiger partial charge in [0.2, 0.25) is 5.65 Å². The summed E-state index contributed by atoms with van der Waals surface area (Å²) in [5.74, 6) is 0. The highest BCUT2D eigenvalue weighted by molar-refractivity contribution is 7.98. The van der Waals surface area contributed by atoms with E-state index in [1.54, 1.807) is 21.4 Å². The number of rotatable bonds is 2. The van der Waals surface area contributed by atoms with Crippen LogP contribution >= 0.6 is 11.8 Å². The van der Waals surface area contributed by atoms with Crippen LogP contribution in [-0.2, 0) is 0 Å². The average molecular weight is 258 g/mol. The van der Waals surface area contributed by atoms with Crippen LogP contribution in [0.4, 0.5) is 0 Å². The molecular formula is C12H10N4OS. The van der Waals surface area contributed by atoms with Crippen LogP contribution < -0.4 is 5.56 Å². The fourth-order valence-electron chi connectivity index (χ4n) is 1.80. The number of hydrogen-bond donors (Lipinski definition) is 0.